The third-order valence-electron chi connectivity index (χ3n) is 2.50. The molecule has 0 atom stereocenters. The molecule has 3 rings (SSSR count). The number of para-hydroxylation sites is 1. The second kappa shape index (κ2) is 4.73. The number of pyridine rings is 1. The molecular weight excluding hydrogens is 254 g/mol. The lowest BCUT2D eigenvalue weighted by atomic mass is 10.1. The molecule has 2 aromatic heterocycles. The number of nitrogens with zero attached hydrogens (tertiary/aromatic N) is 1. The highest BCUT2D eigenvalue weighted by Gasteiger charge is 2.07. The van der Waals surface area contributed by atoms with Gasteiger partial charge < -0.3 is 5.11 Å². The number of hydrogen-bond donors (Lipinski definition) is 1. The summed E-state index contributed by atoms with van der Waals surface area (Å²) in [5.41, 5.74) is 2.52. The summed E-state index contributed by atoms with van der Waals surface area (Å²) in [6.07, 6.45) is 0. The second-order valence-corrected chi connectivity index (χ2v) is 4.34. The molecule has 0 amide bonds. The van der Waals surface area contributed by atoms with Gasteiger partial charge in [0, 0.05) is 16.3 Å². The molecule has 86 valence electrons. The van der Waals surface area contributed by atoms with E-state index in [1.54, 1.807) is 17.4 Å². The van der Waals surface area contributed by atoms with E-state index < -0.39 is 0 Å². The van der Waals surface area contributed by atoms with Crippen molar-refractivity contribution in [3.8, 4) is 17.0 Å². The Bertz CT molecular complexity index is 637. The lowest BCUT2D eigenvalue weighted by Gasteiger charge is -2.04. The summed E-state index contributed by atoms with van der Waals surface area (Å²) >= 11 is 1.60. The minimum Gasteiger partial charge on any atom is -0.506 e. The van der Waals surface area contributed by atoms with Crippen LogP contribution in [0.2, 0.25) is 0 Å². The molecule has 3 aromatic rings. The number of rotatable bonds is 1. The molecule has 2 heterocycles. The number of aromatic nitrogens is 1. The zero-order valence-corrected chi connectivity index (χ0v) is 10.5. The number of fused-ring (bicyclic) bond motifs is 1. The van der Waals surface area contributed by atoms with E-state index in [4.69, 9.17) is 0 Å². The highest BCUT2D eigenvalue weighted by molar-refractivity contribution is 7.08. The molecule has 0 aliphatic rings. The molecule has 0 saturated carbocycles. The molecule has 17 heavy (non-hydrogen) atoms. The van der Waals surface area contributed by atoms with E-state index in [1.807, 2.05) is 41.1 Å². The van der Waals surface area contributed by atoms with Crippen LogP contribution < -0.4 is 0 Å². The van der Waals surface area contributed by atoms with Gasteiger partial charge in [-0.15, -0.1) is 12.4 Å². The highest BCUT2D eigenvalue weighted by atomic mass is 35.5. The first-order valence-electron chi connectivity index (χ1n) is 4.96. The fraction of sp³-hybridized carbons (Fsp3) is 0. The van der Waals surface area contributed by atoms with E-state index in [-0.39, 0.29) is 18.2 Å². The Labute approximate surface area is 109 Å². The van der Waals surface area contributed by atoms with Crippen molar-refractivity contribution in [1.82, 2.24) is 4.98 Å². The lowest BCUT2D eigenvalue weighted by Crippen LogP contribution is -1.84. The maximum absolute atomic E-state index is 9.92. The fourth-order valence-electron chi connectivity index (χ4n) is 1.72. The topological polar surface area (TPSA) is 33.1 Å². The molecule has 0 aliphatic carbocycles. The third kappa shape index (κ3) is 2.12. The van der Waals surface area contributed by atoms with Gasteiger partial charge in [-0.2, -0.15) is 11.3 Å². The van der Waals surface area contributed by atoms with Gasteiger partial charge in [0.25, 0.3) is 0 Å². The van der Waals surface area contributed by atoms with Crippen LogP contribution in [0.15, 0.2) is 47.2 Å². The normalized spacial score (nSPS) is 10.1. The number of halogens is 1. The summed E-state index contributed by atoms with van der Waals surface area (Å²) in [6, 6.07) is 11.5. The van der Waals surface area contributed by atoms with Crippen LogP contribution in [0.25, 0.3) is 22.2 Å². The monoisotopic (exact) mass is 263 g/mol. The molecule has 4 heteroatoms. The summed E-state index contributed by atoms with van der Waals surface area (Å²) in [5.74, 6) is 0.233. The van der Waals surface area contributed by atoms with Crippen LogP contribution in [0.1, 0.15) is 0 Å². The van der Waals surface area contributed by atoms with Gasteiger partial charge in [0.15, 0.2) is 0 Å². The van der Waals surface area contributed by atoms with Gasteiger partial charge in [-0.05, 0) is 23.6 Å². The Balaban J connectivity index is 0.00000108. The summed E-state index contributed by atoms with van der Waals surface area (Å²) in [5, 5.41) is 14.8. The van der Waals surface area contributed by atoms with Gasteiger partial charge in [0.05, 0.1) is 5.52 Å². The van der Waals surface area contributed by atoms with Crippen molar-refractivity contribution in [2.45, 2.75) is 0 Å². The van der Waals surface area contributed by atoms with Gasteiger partial charge in [0.2, 0.25) is 0 Å². The summed E-state index contributed by atoms with van der Waals surface area (Å²) in [6.45, 7) is 0. The van der Waals surface area contributed by atoms with Gasteiger partial charge in [-0.25, -0.2) is 4.98 Å². The van der Waals surface area contributed by atoms with Crippen LogP contribution in [0.4, 0.5) is 0 Å². The minimum atomic E-state index is 0. The van der Waals surface area contributed by atoms with Crippen LogP contribution in [0.3, 0.4) is 0 Å². The molecule has 0 radical (unpaired) electrons. The first kappa shape index (κ1) is 11.9. The predicted molar refractivity (Wildman–Crippen MR) is 74.0 cm³/mol. The summed E-state index contributed by atoms with van der Waals surface area (Å²) in [4.78, 5) is 4.47. The van der Waals surface area contributed by atoms with Crippen molar-refractivity contribution < 1.29 is 5.11 Å². The SMILES string of the molecule is Cl.Oc1cc2ccccc2nc1-c1ccsc1. The Hall–Kier alpha value is -1.58. The van der Waals surface area contributed by atoms with Crippen LogP contribution in [-0.2, 0) is 0 Å². The smallest absolute Gasteiger partial charge is 0.142 e. The molecule has 0 saturated heterocycles. The third-order valence-corrected chi connectivity index (χ3v) is 3.18. The zero-order chi connectivity index (χ0) is 11.0. The van der Waals surface area contributed by atoms with Crippen molar-refractivity contribution in [2.24, 2.45) is 0 Å². The Morgan fingerprint density at radius 2 is 1.94 bits per heavy atom. The van der Waals surface area contributed by atoms with Crippen LogP contribution in [-0.4, -0.2) is 10.1 Å². The first-order chi connectivity index (χ1) is 7.84. The van der Waals surface area contributed by atoms with Crippen molar-refractivity contribution in [3.63, 3.8) is 0 Å². The molecule has 0 fully saturated rings. The molecule has 0 aliphatic heterocycles. The fourth-order valence-corrected chi connectivity index (χ4v) is 2.36. The Kier molecular flexibility index (Phi) is 3.31. The lowest BCUT2D eigenvalue weighted by molar-refractivity contribution is 0.476. The molecule has 0 spiro atoms. The molecular formula is C13H10ClNOS. The van der Waals surface area contributed by atoms with Crippen molar-refractivity contribution in [3.05, 3.63) is 47.2 Å². The van der Waals surface area contributed by atoms with E-state index in [0.29, 0.717) is 5.69 Å². The average Bonchev–Trinajstić information content (AvgIpc) is 2.81. The van der Waals surface area contributed by atoms with E-state index in [0.717, 1.165) is 16.5 Å². The largest absolute Gasteiger partial charge is 0.506 e. The molecule has 1 N–H and O–H groups in total. The summed E-state index contributed by atoms with van der Waals surface area (Å²) < 4.78 is 0. The zero-order valence-electron chi connectivity index (χ0n) is 8.83. The van der Waals surface area contributed by atoms with Crippen molar-refractivity contribution in [2.75, 3.05) is 0 Å². The van der Waals surface area contributed by atoms with Crippen molar-refractivity contribution in [1.29, 1.82) is 0 Å². The van der Waals surface area contributed by atoms with Crippen LogP contribution in [0.5, 0.6) is 5.75 Å². The Morgan fingerprint density at radius 3 is 2.71 bits per heavy atom. The van der Waals surface area contributed by atoms with E-state index in [1.165, 1.54) is 0 Å². The standard InChI is InChI=1S/C13H9NOS.ClH/c15-12-7-9-3-1-2-4-11(9)14-13(12)10-5-6-16-8-10;/h1-8,15H;1H. The molecule has 2 nitrogen and oxygen atoms in total. The second-order valence-electron chi connectivity index (χ2n) is 3.56. The summed E-state index contributed by atoms with van der Waals surface area (Å²) in [7, 11) is 0. The molecule has 0 bridgehead atoms. The van der Waals surface area contributed by atoms with Crippen molar-refractivity contribution >= 4 is 34.6 Å². The molecule has 1 aromatic carbocycles. The maximum atomic E-state index is 9.92. The number of thiophene rings is 1. The van der Waals surface area contributed by atoms with Gasteiger partial charge in [-0.3, -0.25) is 0 Å². The Morgan fingerprint density at radius 1 is 1.12 bits per heavy atom. The first-order valence-corrected chi connectivity index (χ1v) is 5.90. The number of benzene rings is 1. The van der Waals surface area contributed by atoms with E-state index in [2.05, 4.69) is 4.98 Å². The van der Waals surface area contributed by atoms with E-state index >= 15 is 0 Å². The predicted octanol–water partition coefficient (Wildman–Crippen LogP) is 4.09. The van der Waals surface area contributed by atoms with E-state index in [9.17, 15) is 5.11 Å². The maximum Gasteiger partial charge on any atom is 0.142 e. The quantitative estimate of drug-likeness (QED) is 0.717. The van der Waals surface area contributed by atoms with Gasteiger partial charge >= 0.3 is 0 Å². The minimum absolute atomic E-state index is 0. The average molecular weight is 264 g/mol. The van der Waals surface area contributed by atoms with Gasteiger partial charge in [0.1, 0.15) is 11.4 Å². The number of aromatic hydroxyl groups is 1. The highest BCUT2D eigenvalue weighted by Crippen LogP contribution is 2.31. The molecule has 0 unspecified atom stereocenters. The number of hydrogen-bond acceptors (Lipinski definition) is 3. The van der Waals surface area contributed by atoms with Gasteiger partial charge in [-0.1, -0.05) is 18.2 Å². The van der Waals surface area contributed by atoms with Crippen LogP contribution >= 0.6 is 23.7 Å². The van der Waals surface area contributed by atoms with Crippen LogP contribution in [0, 0.1) is 0 Å².